The predicted octanol–water partition coefficient (Wildman–Crippen LogP) is 1.88. The van der Waals surface area contributed by atoms with Gasteiger partial charge in [-0.15, -0.1) is 0 Å². The summed E-state index contributed by atoms with van der Waals surface area (Å²) in [5.74, 6) is 0.675. The SMILES string of the molecule is CCS(=O)(=O)CCn1nc(-c2cccc(C)c2)cc1N. The molecular weight excluding hydrogens is 274 g/mol. The first-order valence-electron chi connectivity index (χ1n) is 6.52. The van der Waals surface area contributed by atoms with E-state index in [0.717, 1.165) is 16.8 Å². The summed E-state index contributed by atoms with van der Waals surface area (Å²) in [5, 5.41) is 4.39. The highest BCUT2D eigenvalue weighted by molar-refractivity contribution is 7.91. The quantitative estimate of drug-likeness (QED) is 0.913. The van der Waals surface area contributed by atoms with Crippen LogP contribution < -0.4 is 5.73 Å². The fourth-order valence-corrected chi connectivity index (χ4v) is 2.67. The molecule has 0 bridgehead atoms. The lowest BCUT2D eigenvalue weighted by Crippen LogP contribution is -2.16. The molecule has 1 aromatic heterocycles. The van der Waals surface area contributed by atoms with Crippen LogP contribution in [0.1, 0.15) is 12.5 Å². The van der Waals surface area contributed by atoms with Crippen LogP contribution in [0.15, 0.2) is 30.3 Å². The second-order valence-electron chi connectivity index (χ2n) is 4.78. The highest BCUT2D eigenvalue weighted by atomic mass is 32.2. The summed E-state index contributed by atoms with van der Waals surface area (Å²) in [7, 11) is -3.01. The largest absolute Gasteiger partial charge is 0.384 e. The summed E-state index contributed by atoms with van der Waals surface area (Å²) >= 11 is 0. The van der Waals surface area contributed by atoms with Crippen LogP contribution in [0.3, 0.4) is 0 Å². The predicted molar refractivity (Wildman–Crippen MR) is 81.1 cm³/mol. The van der Waals surface area contributed by atoms with E-state index in [9.17, 15) is 8.42 Å². The van der Waals surface area contributed by atoms with Crippen LogP contribution >= 0.6 is 0 Å². The molecule has 1 heterocycles. The summed E-state index contributed by atoms with van der Waals surface area (Å²) in [6, 6.07) is 9.73. The van der Waals surface area contributed by atoms with Crippen molar-refractivity contribution in [2.24, 2.45) is 0 Å². The van der Waals surface area contributed by atoms with E-state index in [4.69, 9.17) is 5.73 Å². The Balaban J connectivity index is 2.22. The lowest BCUT2D eigenvalue weighted by molar-refractivity contribution is 0.583. The lowest BCUT2D eigenvalue weighted by Gasteiger charge is -2.04. The third kappa shape index (κ3) is 3.39. The third-order valence-corrected chi connectivity index (χ3v) is 4.86. The van der Waals surface area contributed by atoms with Gasteiger partial charge < -0.3 is 5.73 Å². The number of nitrogens with two attached hydrogens (primary N) is 1. The molecule has 0 aliphatic heterocycles. The van der Waals surface area contributed by atoms with Gasteiger partial charge in [0.1, 0.15) is 5.82 Å². The number of aryl methyl sites for hydroxylation is 2. The van der Waals surface area contributed by atoms with Gasteiger partial charge in [-0.05, 0) is 13.0 Å². The van der Waals surface area contributed by atoms with Crippen molar-refractivity contribution in [2.45, 2.75) is 20.4 Å². The van der Waals surface area contributed by atoms with E-state index in [2.05, 4.69) is 5.10 Å². The maximum Gasteiger partial charge on any atom is 0.151 e. The van der Waals surface area contributed by atoms with Crippen molar-refractivity contribution in [1.29, 1.82) is 0 Å². The fourth-order valence-electron chi connectivity index (χ4n) is 1.93. The Morgan fingerprint density at radius 3 is 2.70 bits per heavy atom. The van der Waals surface area contributed by atoms with Crippen molar-refractivity contribution in [3.8, 4) is 11.3 Å². The molecule has 0 unspecified atom stereocenters. The number of hydrogen-bond acceptors (Lipinski definition) is 4. The van der Waals surface area contributed by atoms with Gasteiger partial charge in [-0.2, -0.15) is 5.10 Å². The van der Waals surface area contributed by atoms with E-state index in [1.165, 1.54) is 0 Å². The molecule has 0 spiro atoms. The zero-order valence-electron chi connectivity index (χ0n) is 11.7. The van der Waals surface area contributed by atoms with Crippen molar-refractivity contribution >= 4 is 15.7 Å². The summed E-state index contributed by atoms with van der Waals surface area (Å²) in [4.78, 5) is 0. The monoisotopic (exact) mass is 293 g/mol. The van der Waals surface area contributed by atoms with Crippen LogP contribution in [0, 0.1) is 6.92 Å². The van der Waals surface area contributed by atoms with E-state index >= 15 is 0 Å². The summed E-state index contributed by atoms with van der Waals surface area (Å²) in [5.41, 5.74) is 8.78. The molecule has 0 saturated carbocycles. The van der Waals surface area contributed by atoms with Gasteiger partial charge in [0.15, 0.2) is 9.84 Å². The van der Waals surface area contributed by atoms with Gasteiger partial charge in [-0.1, -0.05) is 30.7 Å². The Morgan fingerprint density at radius 1 is 1.30 bits per heavy atom. The van der Waals surface area contributed by atoms with Gasteiger partial charge in [0, 0.05) is 17.4 Å². The van der Waals surface area contributed by atoms with E-state index < -0.39 is 9.84 Å². The average molecular weight is 293 g/mol. The van der Waals surface area contributed by atoms with Crippen molar-refractivity contribution in [3.63, 3.8) is 0 Å². The molecule has 2 rings (SSSR count). The molecule has 2 N–H and O–H groups in total. The minimum absolute atomic E-state index is 0.0582. The number of sulfone groups is 1. The van der Waals surface area contributed by atoms with E-state index in [0.29, 0.717) is 5.82 Å². The van der Waals surface area contributed by atoms with Gasteiger partial charge in [-0.3, -0.25) is 0 Å². The summed E-state index contributed by atoms with van der Waals surface area (Å²) in [6.45, 7) is 3.94. The number of benzene rings is 1. The highest BCUT2D eigenvalue weighted by Gasteiger charge is 2.11. The number of rotatable bonds is 5. The zero-order chi connectivity index (χ0) is 14.8. The molecule has 108 valence electrons. The fraction of sp³-hybridized carbons (Fsp3) is 0.357. The minimum atomic E-state index is -3.01. The highest BCUT2D eigenvalue weighted by Crippen LogP contribution is 2.21. The molecule has 0 atom stereocenters. The van der Waals surface area contributed by atoms with Crippen LogP contribution in [0.5, 0.6) is 0 Å². The Hall–Kier alpha value is -1.82. The van der Waals surface area contributed by atoms with E-state index in [1.807, 2.05) is 31.2 Å². The zero-order valence-corrected chi connectivity index (χ0v) is 12.5. The van der Waals surface area contributed by atoms with Crippen molar-refractivity contribution in [1.82, 2.24) is 9.78 Å². The molecule has 1 aromatic carbocycles. The van der Waals surface area contributed by atoms with Crippen LogP contribution in [-0.4, -0.2) is 29.7 Å². The number of nitrogen functional groups attached to an aromatic ring is 1. The molecule has 0 radical (unpaired) electrons. The minimum Gasteiger partial charge on any atom is -0.384 e. The Kier molecular flexibility index (Phi) is 4.13. The van der Waals surface area contributed by atoms with E-state index in [1.54, 1.807) is 17.7 Å². The van der Waals surface area contributed by atoms with Crippen molar-refractivity contribution in [3.05, 3.63) is 35.9 Å². The van der Waals surface area contributed by atoms with Crippen molar-refractivity contribution < 1.29 is 8.42 Å². The summed E-state index contributed by atoms with van der Waals surface area (Å²) in [6.07, 6.45) is 0. The van der Waals surface area contributed by atoms with E-state index in [-0.39, 0.29) is 18.1 Å². The maximum absolute atomic E-state index is 11.5. The smallest absolute Gasteiger partial charge is 0.151 e. The summed E-state index contributed by atoms with van der Waals surface area (Å²) < 4.78 is 24.6. The first kappa shape index (κ1) is 14.6. The van der Waals surface area contributed by atoms with Crippen LogP contribution in [-0.2, 0) is 16.4 Å². The Morgan fingerprint density at radius 2 is 2.05 bits per heavy atom. The van der Waals surface area contributed by atoms with Gasteiger partial charge in [0.25, 0.3) is 0 Å². The lowest BCUT2D eigenvalue weighted by atomic mass is 10.1. The normalized spacial score (nSPS) is 11.7. The molecule has 2 aromatic rings. The van der Waals surface area contributed by atoms with Crippen LogP contribution in [0.25, 0.3) is 11.3 Å². The van der Waals surface area contributed by atoms with Crippen LogP contribution in [0.2, 0.25) is 0 Å². The molecule has 20 heavy (non-hydrogen) atoms. The Bertz CT molecular complexity index is 705. The molecule has 0 aliphatic rings. The average Bonchev–Trinajstić information content (AvgIpc) is 2.78. The number of anilines is 1. The van der Waals surface area contributed by atoms with Gasteiger partial charge in [-0.25, -0.2) is 13.1 Å². The molecule has 5 nitrogen and oxygen atoms in total. The van der Waals surface area contributed by atoms with Crippen LogP contribution in [0.4, 0.5) is 5.82 Å². The topological polar surface area (TPSA) is 78.0 Å². The molecule has 0 aliphatic carbocycles. The first-order chi connectivity index (χ1) is 9.41. The van der Waals surface area contributed by atoms with Gasteiger partial charge >= 0.3 is 0 Å². The first-order valence-corrected chi connectivity index (χ1v) is 8.34. The second kappa shape index (κ2) is 5.66. The van der Waals surface area contributed by atoms with Gasteiger partial charge in [0.2, 0.25) is 0 Å². The number of nitrogens with zero attached hydrogens (tertiary/aromatic N) is 2. The standard InChI is InChI=1S/C14H19N3O2S/c1-3-20(18,19)8-7-17-14(15)10-13(16-17)12-6-4-5-11(2)9-12/h4-6,9-10H,3,7-8,15H2,1-2H3. The van der Waals surface area contributed by atoms with Gasteiger partial charge in [0.05, 0.1) is 18.0 Å². The Labute approximate surface area is 119 Å². The number of aromatic nitrogens is 2. The molecule has 0 saturated heterocycles. The number of hydrogen-bond donors (Lipinski definition) is 1. The molecule has 0 amide bonds. The maximum atomic E-state index is 11.5. The van der Waals surface area contributed by atoms with Crippen molar-refractivity contribution in [2.75, 3.05) is 17.2 Å². The second-order valence-corrected chi connectivity index (χ2v) is 7.26. The molecule has 6 heteroatoms. The third-order valence-electron chi connectivity index (χ3n) is 3.18. The molecule has 0 fully saturated rings. The molecular formula is C14H19N3O2S.